The van der Waals surface area contributed by atoms with Gasteiger partial charge in [-0.25, -0.2) is 9.78 Å². The number of imidazole rings is 1. The fourth-order valence-corrected chi connectivity index (χ4v) is 7.06. The number of aliphatic carboxylic acids is 2. The number of ether oxygens (including phenoxy) is 4. The minimum atomic E-state index is -1.18. The molecule has 0 unspecified atom stereocenters. The van der Waals surface area contributed by atoms with Gasteiger partial charge in [0.15, 0.2) is 5.78 Å². The molecule has 69 heavy (non-hydrogen) atoms. The average Bonchev–Trinajstić information content (AvgIpc) is 3.84. The molecule has 0 aliphatic rings. The zero-order chi connectivity index (χ0) is 50.6. The van der Waals surface area contributed by atoms with Crippen LogP contribution in [0.3, 0.4) is 0 Å². The second-order valence-corrected chi connectivity index (χ2v) is 17.2. The standard InChI is InChI=1S/C48H86N8O13/c1-2-3-4-5-6-7-8-9-10-11-12-13-14-15-16-20-44(59)56-41(48(64)65)21-22-43(58)52-24-26-66-28-31-69-36-46(61)53-25-27-67-29-30-68-35-45(60)51-23-18-17-19-40(47(62)63)54-34-42(57)39(49)32-38-33-50-37-55-38/h33,37,39-41,54H,2-32,34-36,49H2,1H3,(H,50,55)(H,51,60)(H,52,58)(H,53,61)(H,56,59)(H,62,63)(H,64,65)/t39-,40-,41-/m0/s1. The van der Waals surface area contributed by atoms with Gasteiger partial charge in [0.25, 0.3) is 0 Å². The van der Waals surface area contributed by atoms with E-state index in [1.165, 1.54) is 77.0 Å². The van der Waals surface area contributed by atoms with E-state index in [0.29, 0.717) is 31.5 Å². The first kappa shape index (κ1) is 62.5. The highest BCUT2D eigenvalue weighted by Crippen LogP contribution is 2.14. The maximum Gasteiger partial charge on any atom is 0.326 e. The van der Waals surface area contributed by atoms with Gasteiger partial charge in [-0.2, -0.15) is 0 Å². The minimum absolute atomic E-state index is 0.0213. The van der Waals surface area contributed by atoms with Crippen LogP contribution in [-0.4, -0.2) is 159 Å². The van der Waals surface area contributed by atoms with Crippen molar-refractivity contribution < 1.29 is 62.7 Å². The number of hydrogen-bond acceptors (Lipinski definition) is 14. The fourth-order valence-electron chi connectivity index (χ4n) is 7.06. The Morgan fingerprint density at radius 3 is 1.61 bits per heavy atom. The van der Waals surface area contributed by atoms with Gasteiger partial charge in [0.2, 0.25) is 23.6 Å². The predicted molar refractivity (Wildman–Crippen MR) is 259 cm³/mol. The molecule has 396 valence electrons. The summed E-state index contributed by atoms with van der Waals surface area (Å²) in [7, 11) is 0. The van der Waals surface area contributed by atoms with Crippen LogP contribution in [0.1, 0.15) is 147 Å². The highest BCUT2D eigenvalue weighted by Gasteiger charge is 2.22. The van der Waals surface area contributed by atoms with E-state index in [1.807, 2.05) is 0 Å². The van der Waals surface area contributed by atoms with E-state index in [2.05, 4.69) is 43.5 Å². The summed E-state index contributed by atoms with van der Waals surface area (Å²) in [5.74, 6) is -3.90. The van der Waals surface area contributed by atoms with Crippen LogP contribution in [0.2, 0.25) is 0 Å². The van der Waals surface area contributed by atoms with E-state index in [1.54, 1.807) is 6.20 Å². The van der Waals surface area contributed by atoms with Crippen LogP contribution in [0.15, 0.2) is 12.5 Å². The zero-order valence-electron chi connectivity index (χ0n) is 41.3. The van der Waals surface area contributed by atoms with Crippen molar-refractivity contribution in [1.82, 2.24) is 36.6 Å². The largest absolute Gasteiger partial charge is 0.480 e. The summed E-state index contributed by atoms with van der Waals surface area (Å²) in [6.45, 7) is 3.62. The summed E-state index contributed by atoms with van der Waals surface area (Å²) in [6.07, 6.45) is 23.2. The summed E-state index contributed by atoms with van der Waals surface area (Å²) in [6, 6.07) is -2.85. The van der Waals surface area contributed by atoms with Crippen molar-refractivity contribution in [1.29, 1.82) is 0 Å². The first-order valence-corrected chi connectivity index (χ1v) is 25.3. The average molecular weight is 983 g/mol. The molecular weight excluding hydrogens is 897 g/mol. The van der Waals surface area contributed by atoms with Gasteiger partial charge in [-0.3, -0.25) is 34.1 Å². The lowest BCUT2D eigenvalue weighted by Gasteiger charge is -2.16. The van der Waals surface area contributed by atoms with Crippen molar-refractivity contribution in [2.24, 2.45) is 5.73 Å². The molecule has 10 N–H and O–H groups in total. The Bertz CT molecular complexity index is 1520. The highest BCUT2D eigenvalue weighted by molar-refractivity contribution is 5.87. The van der Waals surface area contributed by atoms with Crippen LogP contribution in [0.25, 0.3) is 0 Å². The molecule has 21 heteroatoms. The summed E-state index contributed by atoms with van der Waals surface area (Å²) >= 11 is 0. The lowest BCUT2D eigenvalue weighted by atomic mass is 10.0. The molecule has 0 fully saturated rings. The highest BCUT2D eigenvalue weighted by atomic mass is 16.5. The number of unbranched alkanes of at least 4 members (excludes halogenated alkanes) is 15. The molecule has 0 bridgehead atoms. The minimum Gasteiger partial charge on any atom is -0.480 e. The number of amides is 4. The number of hydrogen-bond donors (Lipinski definition) is 9. The number of rotatable bonds is 49. The van der Waals surface area contributed by atoms with Crippen LogP contribution >= 0.6 is 0 Å². The molecule has 21 nitrogen and oxygen atoms in total. The number of nitrogens with zero attached hydrogens (tertiary/aromatic N) is 1. The molecule has 1 rings (SSSR count). The lowest BCUT2D eigenvalue weighted by Crippen LogP contribution is -2.45. The smallest absolute Gasteiger partial charge is 0.326 e. The second-order valence-electron chi connectivity index (χ2n) is 17.2. The van der Waals surface area contributed by atoms with Crippen molar-refractivity contribution in [3.63, 3.8) is 0 Å². The quantitative estimate of drug-likeness (QED) is 0.0424. The summed E-state index contributed by atoms with van der Waals surface area (Å²) in [4.78, 5) is 90.9. The SMILES string of the molecule is CCCCCCCCCCCCCCCCCC(=O)N[C@@H](CCC(=O)NCCOCCOCC(=O)NCCOCCOCC(=O)NCCCC[C@H](NCC(=O)[C@@H](N)Cc1cnc[nH]1)C(=O)O)C(=O)O. The molecule has 0 saturated heterocycles. The van der Waals surface area contributed by atoms with Gasteiger partial charge in [0, 0.05) is 50.8 Å². The first-order valence-electron chi connectivity index (χ1n) is 25.3. The molecule has 0 aliphatic heterocycles. The Kier molecular flexibility index (Phi) is 39.4. The van der Waals surface area contributed by atoms with Crippen molar-refractivity contribution in [3.05, 3.63) is 18.2 Å². The zero-order valence-corrected chi connectivity index (χ0v) is 41.3. The van der Waals surface area contributed by atoms with Gasteiger partial charge in [-0.05, 0) is 32.1 Å². The van der Waals surface area contributed by atoms with Crippen LogP contribution < -0.4 is 32.3 Å². The van der Waals surface area contributed by atoms with E-state index >= 15 is 0 Å². The molecular formula is C48H86N8O13. The number of H-pyrrole nitrogens is 1. The number of carbonyl (C=O) groups excluding carboxylic acids is 5. The Morgan fingerprint density at radius 2 is 1.09 bits per heavy atom. The number of carboxylic acid groups (broad SMARTS) is 2. The summed E-state index contributed by atoms with van der Waals surface area (Å²) in [5, 5.41) is 32.3. The molecule has 1 heterocycles. The molecule has 0 saturated carbocycles. The second kappa shape index (κ2) is 43.5. The van der Waals surface area contributed by atoms with Gasteiger partial charge in [0.1, 0.15) is 25.3 Å². The number of aromatic amines is 1. The first-order chi connectivity index (χ1) is 33.4. The van der Waals surface area contributed by atoms with Gasteiger partial charge in [-0.1, -0.05) is 96.8 Å². The molecule has 4 amide bonds. The predicted octanol–water partition coefficient (Wildman–Crippen LogP) is 3.09. The van der Waals surface area contributed by atoms with E-state index in [9.17, 15) is 43.8 Å². The Morgan fingerprint density at radius 1 is 0.580 bits per heavy atom. The molecule has 1 aromatic rings. The van der Waals surface area contributed by atoms with Crippen molar-refractivity contribution >= 4 is 41.4 Å². The fraction of sp³-hybridized carbons (Fsp3) is 0.792. The van der Waals surface area contributed by atoms with Crippen LogP contribution in [0.5, 0.6) is 0 Å². The third kappa shape index (κ3) is 38.0. The monoisotopic (exact) mass is 983 g/mol. The summed E-state index contributed by atoms with van der Waals surface area (Å²) < 4.78 is 21.4. The molecule has 1 aromatic heterocycles. The molecule has 0 spiro atoms. The molecule has 0 aromatic carbocycles. The van der Waals surface area contributed by atoms with Crippen molar-refractivity contribution in [2.45, 2.75) is 166 Å². The van der Waals surface area contributed by atoms with E-state index in [0.717, 1.165) is 19.3 Å². The van der Waals surface area contributed by atoms with E-state index in [-0.39, 0.29) is 134 Å². The van der Waals surface area contributed by atoms with Crippen LogP contribution in [-0.2, 0) is 58.9 Å². The molecule has 3 atom stereocenters. The Hall–Kier alpha value is -4.54. The number of carbonyl (C=O) groups is 7. The van der Waals surface area contributed by atoms with Crippen LogP contribution in [0.4, 0.5) is 0 Å². The molecule has 0 radical (unpaired) electrons. The summed E-state index contributed by atoms with van der Waals surface area (Å²) in [5.41, 5.74) is 6.62. The number of nitrogens with one attached hydrogen (secondary N) is 6. The molecule has 0 aliphatic carbocycles. The van der Waals surface area contributed by atoms with E-state index < -0.39 is 30.1 Å². The van der Waals surface area contributed by atoms with Gasteiger partial charge in [-0.15, -0.1) is 0 Å². The lowest BCUT2D eigenvalue weighted by molar-refractivity contribution is -0.142. The number of nitrogens with two attached hydrogens (primary N) is 1. The Balaban J connectivity index is 1.93. The normalized spacial score (nSPS) is 12.5. The Labute approximate surface area is 409 Å². The van der Waals surface area contributed by atoms with Crippen LogP contribution in [0, 0.1) is 0 Å². The topological polar surface area (TPSA) is 312 Å². The van der Waals surface area contributed by atoms with Gasteiger partial charge >= 0.3 is 11.9 Å². The third-order valence-electron chi connectivity index (χ3n) is 11.1. The van der Waals surface area contributed by atoms with Crippen molar-refractivity contribution in [3.8, 4) is 0 Å². The number of carboxylic acids is 2. The van der Waals surface area contributed by atoms with Gasteiger partial charge in [0.05, 0.1) is 58.6 Å². The number of aromatic nitrogens is 2. The van der Waals surface area contributed by atoms with E-state index in [4.69, 9.17) is 24.7 Å². The number of Topliss-reactive ketones (excluding diaryl/α,β-unsaturated/α-hetero) is 1. The van der Waals surface area contributed by atoms with Gasteiger partial charge < -0.3 is 61.1 Å². The van der Waals surface area contributed by atoms with Crippen molar-refractivity contribution in [2.75, 3.05) is 79.0 Å². The number of ketones is 1. The third-order valence-corrected chi connectivity index (χ3v) is 11.1. The maximum atomic E-state index is 12.3. The maximum absolute atomic E-state index is 12.3.